The summed E-state index contributed by atoms with van der Waals surface area (Å²) in [6.45, 7) is 0.375. The van der Waals surface area contributed by atoms with Crippen LogP contribution in [0.25, 0.3) is 0 Å². The van der Waals surface area contributed by atoms with E-state index in [1.807, 2.05) is 0 Å². The standard InChI is InChI=1S/C8H9NO3S.Na.H/c10-8(11)13(12)7-4-2-1-3-6(7)5-9-13;;/h1-4,13H,5H2,(H,9,12)(H,10,11);;. The number of hydrogen-bond acceptors (Lipinski definition) is 2. The molecule has 14 heavy (non-hydrogen) atoms. The molecule has 6 heteroatoms. The Hall–Kier alpha value is -0.200. The van der Waals surface area contributed by atoms with Crippen LogP contribution in [0.5, 0.6) is 0 Å². The summed E-state index contributed by atoms with van der Waals surface area (Å²) in [5.41, 5.74) is 0.813. The fraction of sp³-hybridized carbons (Fsp3) is 0.125. The van der Waals surface area contributed by atoms with Crippen LogP contribution in [0.1, 0.15) is 5.56 Å². The van der Waals surface area contributed by atoms with Crippen molar-refractivity contribution in [2.45, 2.75) is 11.4 Å². The second kappa shape index (κ2) is 4.12. The van der Waals surface area contributed by atoms with Crippen molar-refractivity contribution >= 4 is 45.0 Å². The van der Waals surface area contributed by atoms with Crippen LogP contribution in [0.4, 0.5) is 4.79 Å². The molecule has 4 nitrogen and oxygen atoms in total. The molecule has 2 N–H and O–H groups in total. The number of rotatable bonds is 0. The predicted octanol–water partition coefficient (Wildman–Crippen LogP) is 0.110. The zero-order valence-corrected chi connectivity index (χ0v) is 7.62. The normalized spacial score (nSPS) is 19.1. The summed E-state index contributed by atoms with van der Waals surface area (Å²) in [6, 6.07) is 6.88. The number of thiol groups is 1. The Labute approximate surface area is 105 Å². The Morgan fingerprint density at radius 1 is 1.43 bits per heavy atom. The summed E-state index contributed by atoms with van der Waals surface area (Å²) in [6.07, 6.45) is 0. The first-order chi connectivity index (χ1) is 6.14. The van der Waals surface area contributed by atoms with E-state index in [2.05, 4.69) is 4.72 Å². The molecule has 0 aromatic heterocycles. The average molecular weight is 223 g/mol. The first-order valence-electron chi connectivity index (χ1n) is 3.82. The molecule has 0 amide bonds. The molecule has 0 unspecified atom stereocenters. The molecule has 72 valence electrons. The van der Waals surface area contributed by atoms with Gasteiger partial charge in [-0.05, 0) is 11.6 Å². The van der Waals surface area contributed by atoms with Gasteiger partial charge in [-0.25, -0.2) is 9.52 Å². The van der Waals surface area contributed by atoms with Gasteiger partial charge in [-0.1, -0.05) is 18.2 Å². The molecule has 0 bridgehead atoms. The predicted molar refractivity (Wildman–Crippen MR) is 56.3 cm³/mol. The van der Waals surface area contributed by atoms with Crippen LogP contribution in [-0.4, -0.2) is 44.2 Å². The van der Waals surface area contributed by atoms with Gasteiger partial charge in [-0.2, -0.15) is 0 Å². The first-order valence-corrected chi connectivity index (χ1v) is 5.52. The van der Waals surface area contributed by atoms with Crippen LogP contribution in [-0.2, 0) is 16.7 Å². The van der Waals surface area contributed by atoms with Gasteiger partial charge in [-0.3, -0.25) is 4.21 Å². The topological polar surface area (TPSA) is 66.4 Å². The molecule has 0 aliphatic carbocycles. The Morgan fingerprint density at radius 3 is 2.71 bits per heavy atom. The molecule has 1 heterocycles. The van der Waals surface area contributed by atoms with Crippen LogP contribution in [0.3, 0.4) is 0 Å². The number of fused-ring (bicyclic) bond motifs is 1. The van der Waals surface area contributed by atoms with Crippen molar-refractivity contribution < 1.29 is 14.1 Å². The molecule has 2 rings (SSSR count). The van der Waals surface area contributed by atoms with Crippen molar-refractivity contribution in [2.24, 2.45) is 0 Å². The summed E-state index contributed by atoms with van der Waals surface area (Å²) in [5, 5.41) is 7.53. The molecule has 0 fully saturated rings. The van der Waals surface area contributed by atoms with Crippen molar-refractivity contribution in [2.75, 3.05) is 0 Å². The fourth-order valence-corrected chi connectivity index (χ4v) is 3.18. The van der Waals surface area contributed by atoms with Crippen molar-refractivity contribution in [1.82, 2.24) is 4.72 Å². The number of benzene rings is 1. The van der Waals surface area contributed by atoms with E-state index in [0.29, 0.717) is 11.4 Å². The van der Waals surface area contributed by atoms with E-state index in [9.17, 15) is 9.00 Å². The monoisotopic (exact) mass is 223 g/mol. The van der Waals surface area contributed by atoms with Crippen molar-refractivity contribution in [3.63, 3.8) is 0 Å². The van der Waals surface area contributed by atoms with Crippen LogP contribution in [0.15, 0.2) is 29.2 Å². The molecule has 0 saturated heterocycles. The van der Waals surface area contributed by atoms with Gasteiger partial charge < -0.3 is 5.11 Å². The fourth-order valence-electron chi connectivity index (χ4n) is 1.42. The van der Waals surface area contributed by atoms with E-state index in [4.69, 9.17) is 5.11 Å². The van der Waals surface area contributed by atoms with Crippen LogP contribution in [0, 0.1) is 0 Å². The molecule has 0 spiro atoms. The van der Waals surface area contributed by atoms with Gasteiger partial charge in [0, 0.05) is 11.4 Å². The first kappa shape index (κ1) is 11.9. The maximum absolute atomic E-state index is 11.8. The number of carboxylic acid groups (broad SMARTS) is 1. The van der Waals surface area contributed by atoms with E-state index >= 15 is 0 Å². The van der Waals surface area contributed by atoms with E-state index in [1.54, 1.807) is 24.3 Å². The third kappa shape index (κ3) is 1.66. The number of carbonyl (C=O) groups is 1. The van der Waals surface area contributed by atoms with Crippen molar-refractivity contribution in [3.05, 3.63) is 29.8 Å². The molecular formula is C8H10NNaO3S. The quantitative estimate of drug-likeness (QED) is 0.432. The van der Waals surface area contributed by atoms with Gasteiger partial charge in [0.1, 0.15) is 0 Å². The van der Waals surface area contributed by atoms with Crippen molar-refractivity contribution in [3.8, 4) is 0 Å². The summed E-state index contributed by atoms with van der Waals surface area (Å²) < 4.78 is 14.4. The average Bonchev–Trinajstić information content (AvgIpc) is 2.47. The van der Waals surface area contributed by atoms with Gasteiger partial charge >= 0.3 is 34.9 Å². The van der Waals surface area contributed by atoms with Gasteiger partial charge in [0.05, 0.1) is 10.1 Å². The molecule has 1 aliphatic heterocycles. The summed E-state index contributed by atoms with van der Waals surface area (Å²) in [7, 11) is -3.37. The minimum absolute atomic E-state index is 0. The second-order valence-electron chi connectivity index (χ2n) is 2.86. The Bertz CT molecular complexity index is 421. The van der Waals surface area contributed by atoms with Crippen LogP contribution in [0.2, 0.25) is 0 Å². The van der Waals surface area contributed by atoms with E-state index in [-0.39, 0.29) is 29.6 Å². The van der Waals surface area contributed by atoms with Crippen molar-refractivity contribution in [1.29, 1.82) is 0 Å². The SMILES string of the molecule is O=C(O)[SH]1(=O)NCc2ccccc21.[NaH]. The molecule has 1 aliphatic rings. The van der Waals surface area contributed by atoms with Gasteiger partial charge in [0.25, 0.3) is 0 Å². The van der Waals surface area contributed by atoms with Gasteiger partial charge in [0.15, 0.2) is 0 Å². The molecule has 1 aromatic carbocycles. The zero-order valence-electron chi connectivity index (χ0n) is 6.73. The Kier molecular flexibility index (Phi) is 3.49. The molecule has 0 atom stereocenters. The number of hydrogen-bond donors (Lipinski definition) is 3. The molecule has 0 saturated carbocycles. The summed E-state index contributed by atoms with van der Waals surface area (Å²) in [5.74, 6) is 0. The van der Waals surface area contributed by atoms with Crippen LogP contribution < -0.4 is 4.72 Å². The minimum atomic E-state index is -3.37. The van der Waals surface area contributed by atoms with Gasteiger partial charge in [0.2, 0.25) is 0 Å². The van der Waals surface area contributed by atoms with Crippen LogP contribution >= 0.6 is 0 Å². The van der Waals surface area contributed by atoms with Gasteiger partial charge in [-0.15, -0.1) is 0 Å². The van der Waals surface area contributed by atoms with E-state index < -0.39 is 15.4 Å². The Morgan fingerprint density at radius 2 is 2.07 bits per heavy atom. The zero-order chi connectivity index (χ0) is 9.47. The summed E-state index contributed by atoms with van der Waals surface area (Å²) in [4.78, 5) is 11.2. The third-order valence-corrected chi connectivity index (χ3v) is 4.35. The summed E-state index contributed by atoms with van der Waals surface area (Å²) >= 11 is 0. The molecule has 1 aromatic rings. The Balaban J connectivity index is 0.000000980. The second-order valence-corrected chi connectivity index (χ2v) is 5.25. The third-order valence-electron chi connectivity index (χ3n) is 2.09. The number of nitrogens with one attached hydrogen (secondary N) is 1. The van der Waals surface area contributed by atoms with E-state index in [1.165, 1.54) is 0 Å². The maximum atomic E-state index is 11.8. The molecular weight excluding hydrogens is 213 g/mol. The van der Waals surface area contributed by atoms with E-state index in [0.717, 1.165) is 5.56 Å². The molecule has 0 radical (unpaired) electrons.